The van der Waals surface area contributed by atoms with Gasteiger partial charge in [0.15, 0.2) is 5.69 Å². The maximum atomic E-state index is 12.7. The summed E-state index contributed by atoms with van der Waals surface area (Å²) in [6.45, 7) is 3.39. The molecule has 0 aliphatic carbocycles. The third-order valence-corrected chi connectivity index (χ3v) is 4.70. The van der Waals surface area contributed by atoms with Crippen LogP contribution in [0.25, 0.3) is 0 Å². The van der Waals surface area contributed by atoms with Crippen molar-refractivity contribution < 1.29 is 9.59 Å². The van der Waals surface area contributed by atoms with Gasteiger partial charge in [0.05, 0.1) is 6.54 Å². The second-order valence-electron chi connectivity index (χ2n) is 6.35. The van der Waals surface area contributed by atoms with Gasteiger partial charge in [-0.1, -0.05) is 30.3 Å². The number of carbonyl (C=O) groups excluding carboxylic acids is 2. The number of fused-ring (bicyclic) bond motifs is 1. The Bertz CT molecular complexity index is 763. The van der Waals surface area contributed by atoms with E-state index in [4.69, 9.17) is 0 Å². The summed E-state index contributed by atoms with van der Waals surface area (Å²) in [5.41, 5.74) is 2.01. The Morgan fingerprint density at radius 2 is 1.79 bits per heavy atom. The standard InChI is InChI=1S/C18H20N4O2/c23-17(20-8-4-5-9-20)15-12-16-18(24)21(10-11-22(16)19-15)13-14-6-2-1-3-7-14/h1-3,6-7,12H,4-5,8-11,13H2. The van der Waals surface area contributed by atoms with Gasteiger partial charge in [-0.2, -0.15) is 5.10 Å². The van der Waals surface area contributed by atoms with E-state index in [0.717, 1.165) is 31.5 Å². The first kappa shape index (κ1) is 14.9. The fourth-order valence-corrected chi connectivity index (χ4v) is 3.38. The molecule has 0 bridgehead atoms. The molecule has 0 N–H and O–H groups in total. The van der Waals surface area contributed by atoms with Gasteiger partial charge in [0.1, 0.15) is 5.69 Å². The van der Waals surface area contributed by atoms with Gasteiger partial charge in [0.25, 0.3) is 11.8 Å². The highest BCUT2D eigenvalue weighted by molar-refractivity contribution is 5.98. The quantitative estimate of drug-likeness (QED) is 0.865. The summed E-state index contributed by atoms with van der Waals surface area (Å²) in [4.78, 5) is 28.8. The number of likely N-dealkylation sites (tertiary alicyclic amines) is 1. The van der Waals surface area contributed by atoms with Crippen LogP contribution in [-0.4, -0.2) is 51.0 Å². The van der Waals surface area contributed by atoms with Crippen LogP contribution in [0.3, 0.4) is 0 Å². The average molecular weight is 324 g/mol. The largest absolute Gasteiger partial charge is 0.337 e. The molecule has 0 radical (unpaired) electrons. The van der Waals surface area contributed by atoms with E-state index in [9.17, 15) is 9.59 Å². The van der Waals surface area contributed by atoms with Gasteiger partial charge in [-0.25, -0.2) is 0 Å². The lowest BCUT2D eigenvalue weighted by Crippen LogP contribution is -2.39. The molecule has 6 nitrogen and oxygen atoms in total. The SMILES string of the molecule is O=C(c1cc2n(n1)CCN(Cc1ccccc1)C2=O)N1CCCC1. The minimum absolute atomic E-state index is 0.0573. The zero-order valence-electron chi connectivity index (χ0n) is 13.5. The van der Waals surface area contributed by atoms with Gasteiger partial charge >= 0.3 is 0 Å². The van der Waals surface area contributed by atoms with Crippen LogP contribution in [0.4, 0.5) is 0 Å². The Balaban J connectivity index is 1.53. The van der Waals surface area contributed by atoms with Crippen molar-refractivity contribution in [3.63, 3.8) is 0 Å². The maximum absolute atomic E-state index is 12.7. The van der Waals surface area contributed by atoms with Crippen LogP contribution in [0.2, 0.25) is 0 Å². The molecule has 6 heteroatoms. The predicted octanol–water partition coefficient (Wildman–Crippen LogP) is 1.78. The Kier molecular flexibility index (Phi) is 3.80. The van der Waals surface area contributed by atoms with E-state index in [1.54, 1.807) is 10.7 Å². The minimum atomic E-state index is -0.0585. The molecule has 1 aromatic heterocycles. The lowest BCUT2D eigenvalue weighted by atomic mass is 10.2. The molecule has 2 aliphatic heterocycles. The zero-order chi connectivity index (χ0) is 16.5. The molecule has 4 rings (SSSR count). The lowest BCUT2D eigenvalue weighted by molar-refractivity contribution is 0.0682. The molecular formula is C18H20N4O2. The maximum Gasteiger partial charge on any atom is 0.274 e. The highest BCUT2D eigenvalue weighted by Gasteiger charge is 2.29. The molecule has 2 aromatic rings. The van der Waals surface area contributed by atoms with Crippen molar-refractivity contribution in [1.82, 2.24) is 19.6 Å². The highest BCUT2D eigenvalue weighted by Crippen LogP contribution is 2.18. The van der Waals surface area contributed by atoms with Crippen molar-refractivity contribution in [3.05, 3.63) is 53.3 Å². The number of hydrogen-bond donors (Lipinski definition) is 0. The fraction of sp³-hybridized carbons (Fsp3) is 0.389. The minimum Gasteiger partial charge on any atom is -0.337 e. The molecule has 0 saturated carbocycles. The van der Waals surface area contributed by atoms with E-state index in [1.165, 1.54) is 0 Å². The molecule has 124 valence electrons. The van der Waals surface area contributed by atoms with Crippen LogP contribution in [0.1, 0.15) is 39.4 Å². The summed E-state index contributed by atoms with van der Waals surface area (Å²) in [7, 11) is 0. The van der Waals surface area contributed by atoms with Crippen molar-refractivity contribution in [2.45, 2.75) is 25.9 Å². The first-order valence-corrected chi connectivity index (χ1v) is 8.43. The van der Waals surface area contributed by atoms with E-state index in [2.05, 4.69) is 5.10 Å². The molecule has 1 saturated heterocycles. The van der Waals surface area contributed by atoms with Crippen molar-refractivity contribution in [2.24, 2.45) is 0 Å². The van der Waals surface area contributed by atoms with Crippen LogP contribution in [0, 0.1) is 0 Å². The first-order valence-electron chi connectivity index (χ1n) is 8.43. The van der Waals surface area contributed by atoms with Crippen LogP contribution >= 0.6 is 0 Å². The third kappa shape index (κ3) is 2.68. The fourth-order valence-electron chi connectivity index (χ4n) is 3.38. The van der Waals surface area contributed by atoms with Crippen LogP contribution in [-0.2, 0) is 13.1 Å². The predicted molar refractivity (Wildman–Crippen MR) is 88.5 cm³/mol. The normalized spacial score (nSPS) is 17.2. The summed E-state index contributed by atoms with van der Waals surface area (Å²) in [6, 6.07) is 11.6. The molecule has 0 spiro atoms. The highest BCUT2D eigenvalue weighted by atomic mass is 16.2. The van der Waals surface area contributed by atoms with E-state index < -0.39 is 0 Å². The third-order valence-electron chi connectivity index (χ3n) is 4.70. The summed E-state index contributed by atoms with van der Waals surface area (Å²) in [5.74, 6) is -0.116. The molecule has 2 aliphatic rings. The number of rotatable bonds is 3. The second-order valence-corrected chi connectivity index (χ2v) is 6.35. The van der Waals surface area contributed by atoms with Crippen molar-refractivity contribution in [3.8, 4) is 0 Å². The van der Waals surface area contributed by atoms with Crippen LogP contribution < -0.4 is 0 Å². The summed E-state index contributed by atoms with van der Waals surface area (Å²) in [6.07, 6.45) is 2.09. The van der Waals surface area contributed by atoms with Crippen LogP contribution in [0.15, 0.2) is 36.4 Å². The van der Waals surface area contributed by atoms with Crippen molar-refractivity contribution >= 4 is 11.8 Å². The topological polar surface area (TPSA) is 58.4 Å². The Hall–Kier alpha value is -2.63. The number of benzene rings is 1. The zero-order valence-corrected chi connectivity index (χ0v) is 13.5. The number of aromatic nitrogens is 2. The van der Waals surface area contributed by atoms with E-state index in [-0.39, 0.29) is 11.8 Å². The monoisotopic (exact) mass is 324 g/mol. The average Bonchev–Trinajstić information content (AvgIpc) is 3.27. The Morgan fingerprint density at radius 1 is 1.04 bits per heavy atom. The van der Waals surface area contributed by atoms with Gasteiger partial charge in [-0.05, 0) is 18.4 Å². The molecule has 24 heavy (non-hydrogen) atoms. The lowest BCUT2D eigenvalue weighted by Gasteiger charge is -2.27. The molecule has 0 atom stereocenters. The summed E-state index contributed by atoms with van der Waals surface area (Å²) >= 11 is 0. The van der Waals surface area contributed by atoms with E-state index in [0.29, 0.717) is 31.0 Å². The van der Waals surface area contributed by atoms with Gasteiger partial charge < -0.3 is 9.80 Å². The second kappa shape index (κ2) is 6.11. The van der Waals surface area contributed by atoms with E-state index >= 15 is 0 Å². The van der Waals surface area contributed by atoms with Crippen LogP contribution in [0.5, 0.6) is 0 Å². The molecule has 0 unspecified atom stereocenters. The van der Waals surface area contributed by atoms with Gasteiger partial charge in [0.2, 0.25) is 0 Å². The number of amides is 2. The number of hydrogen-bond acceptors (Lipinski definition) is 3. The number of nitrogens with zero attached hydrogens (tertiary/aromatic N) is 4. The number of carbonyl (C=O) groups is 2. The summed E-state index contributed by atoms with van der Waals surface area (Å²) < 4.78 is 1.67. The van der Waals surface area contributed by atoms with Crippen molar-refractivity contribution in [2.75, 3.05) is 19.6 Å². The first-order chi connectivity index (χ1) is 11.7. The molecule has 2 amide bonds. The Morgan fingerprint density at radius 3 is 2.54 bits per heavy atom. The van der Waals surface area contributed by atoms with Gasteiger partial charge in [0, 0.05) is 32.2 Å². The molecule has 1 fully saturated rings. The van der Waals surface area contributed by atoms with E-state index in [1.807, 2.05) is 40.1 Å². The molecular weight excluding hydrogens is 304 g/mol. The molecule has 3 heterocycles. The van der Waals surface area contributed by atoms with Crippen molar-refractivity contribution in [1.29, 1.82) is 0 Å². The summed E-state index contributed by atoms with van der Waals surface area (Å²) in [5, 5.41) is 4.37. The van der Waals surface area contributed by atoms with Gasteiger partial charge in [-0.3, -0.25) is 14.3 Å². The Labute approximate surface area is 140 Å². The molecule has 1 aromatic carbocycles. The van der Waals surface area contributed by atoms with Gasteiger partial charge in [-0.15, -0.1) is 0 Å². The smallest absolute Gasteiger partial charge is 0.274 e.